The smallest absolute Gasteiger partial charge is 0.315 e. The van der Waals surface area contributed by atoms with E-state index in [1.165, 1.54) is 25.0 Å². The highest BCUT2D eigenvalue weighted by Gasteiger charge is 2.36. The maximum Gasteiger partial charge on any atom is 0.315 e. The van der Waals surface area contributed by atoms with Crippen molar-refractivity contribution in [3.05, 3.63) is 35.3 Å². The van der Waals surface area contributed by atoms with E-state index < -0.39 is 0 Å². The van der Waals surface area contributed by atoms with Crippen LogP contribution in [0.1, 0.15) is 37.0 Å². The molecule has 0 bridgehead atoms. The van der Waals surface area contributed by atoms with Crippen LogP contribution in [0.25, 0.3) is 11.0 Å². The monoisotopic (exact) mass is 346 g/mol. The Morgan fingerprint density at radius 2 is 2.16 bits per heavy atom. The fraction of sp³-hybridized carbons (Fsp3) is 0.526. The van der Waals surface area contributed by atoms with E-state index in [0.717, 1.165) is 23.8 Å². The summed E-state index contributed by atoms with van der Waals surface area (Å²) in [5.74, 6) is 1.04. The standard InChI is InChI=1S/C19H23FN2O3/c1-11-15-8-13(20)4-5-16(15)25-18(11)10-21-19(23)22-14-6-7-24-17(9-14)12-2-3-12/h4-5,8,12,14,17H,2-3,6-7,9-10H2,1H3,(H2,21,22,23)/t14-,17+/m1/s1. The zero-order valence-corrected chi connectivity index (χ0v) is 14.3. The van der Waals surface area contributed by atoms with E-state index in [4.69, 9.17) is 9.15 Å². The molecule has 134 valence electrons. The summed E-state index contributed by atoms with van der Waals surface area (Å²) in [7, 11) is 0. The van der Waals surface area contributed by atoms with Gasteiger partial charge in [0, 0.05) is 23.6 Å². The number of hydrogen-bond acceptors (Lipinski definition) is 3. The second-order valence-electron chi connectivity index (χ2n) is 7.09. The number of rotatable bonds is 4. The highest BCUT2D eigenvalue weighted by Crippen LogP contribution is 2.38. The molecule has 1 saturated carbocycles. The minimum atomic E-state index is -0.293. The van der Waals surface area contributed by atoms with E-state index in [-0.39, 0.29) is 24.4 Å². The molecule has 1 aromatic heterocycles. The van der Waals surface area contributed by atoms with Crippen LogP contribution in [-0.4, -0.2) is 24.8 Å². The first-order valence-corrected chi connectivity index (χ1v) is 8.93. The Labute approximate surface area is 145 Å². The quantitative estimate of drug-likeness (QED) is 0.888. The van der Waals surface area contributed by atoms with Crippen molar-refractivity contribution >= 4 is 17.0 Å². The molecule has 1 aliphatic carbocycles. The number of carbonyl (C=O) groups is 1. The molecular formula is C19H23FN2O3. The van der Waals surface area contributed by atoms with Gasteiger partial charge in [0.05, 0.1) is 12.6 Å². The molecule has 0 spiro atoms. The van der Waals surface area contributed by atoms with Crippen LogP contribution >= 0.6 is 0 Å². The van der Waals surface area contributed by atoms with Crippen LogP contribution in [0, 0.1) is 18.7 Å². The maximum atomic E-state index is 13.4. The van der Waals surface area contributed by atoms with Gasteiger partial charge in [0.25, 0.3) is 0 Å². The number of furan rings is 1. The summed E-state index contributed by atoms with van der Waals surface area (Å²) in [6, 6.07) is 4.40. The minimum Gasteiger partial charge on any atom is -0.459 e. The first-order chi connectivity index (χ1) is 12.1. The average molecular weight is 346 g/mol. The SMILES string of the molecule is Cc1c(CNC(=O)N[C@@H]2CCO[C@H](C3CC3)C2)oc2ccc(F)cc12. The number of amides is 2. The number of benzene rings is 1. The minimum absolute atomic E-state index is 0.158. The lowest BCUT2D eigenvalue weighted by molar-refractivity contribution is -0.00915. The van der Waals surface area contributed by atoms with Crippen LogP contribution in [0.2, 0.25) is 0 Å². The molecule has 2 atom stereocenters. The van der Waals surface area contributed by atoms with Crippen LogP contribution in [0.5, 0.6) is 0 Å². The second-order valence-corrected chi connectivity index (χ2v) is 7.09. The van der Waals surface area contributed by atoms with E-state index in [0.29, 0.717) is 30.0 Å². The van der Waals surface area contributed by atoms with E-state index in [2.05, 4.69) is 10.6 Å². The van der Waals surface area contributed by atoms with E-state index in [1.807, 2.05) is 6.92 Å². The van der Waals surface area contributed by atoms with Crippen molar-refractivity contribution in [2.24, 2.45) is 5.92 Å². The fourth-order valence-corrected chi connectivity index (χ4v) is 3.57. The summed E-state index contributed by atoms with van der Waals surface area (Å²) in [6.45, 7) is 2.86. The number of urea groups is 1. The molecule has 2 amide bonds. The lowest BCUT2D eigenvalue weighted by Gasteiger charge is -2.30. The van der Waals surface area contributed by atoms with Crippen LogP contribution < -0.4 is 10.6 Å². The number of nitrogens with one attached hydrogen (secondary N) is 2. The number of hydrogen-bond donors (Lipinski definition) is 2. The van der Waals surface area contributed by atoms with Gasteiger partial charge >= 0.3 is 6.03 Å². The molecule has 25 heavy (non-hydrogen) atoms. The highest BCUT2D eigenvalue weighted by atomic mass is 19.1. The van der Waals surface area contributed by atoms with Gasteiger partial charge in [-0.3, -0.25) is 0 Å². The predicted octanol–water partition coefficient (Wildman–Crippen LogP) is 3.64. The number of aryl methyl sites for hydroxylation is 1. The van der Waals surface area contributed by atoms with Gasteiger partial charge in [-0.2, -0.15) is 0 Å². The Bertz CT molecular complexity index is 784. The summed E-state index contributed by atoms with van der Waals surface area (Å²) in [5, 5.41) is 6.62. The summed E-state index contributed by atoms with van der Waals surface area (Å²) < 4.78 is 24.9. The Kier molecular flexibility index (Phi) is 4.37. The van der Waals surface area contributed by atoms with Gasteiger partial charge in [0.1, 0.15) is 17.2 Å². The van der Waals surface area contributed by atoms with Gasteiger partial charge in [-0.05, 0) is 56.7 Å². The molecule has 2 fully saturated rings. The molecule has 2 aliphatic rings. The van der Waals surface area contributed by atoms with Crippen molar-refractivity contribution in [3.63, 3.8) is 0 Å². The van der Waals surface area contributed by atoms with Crippen LogP contribution in [0.4, 0.5) is 9.18 Å². The molecule has 4 rings (SSSR count). The Morgan fingerprint density at radius 1 is 1.32 bits per heavy atom. The van der Waals surface area contributed by atoms with Crippen LogP contribution in [-0.2, 0) is 11.3 Å². The number of halogens is 1. The Hall–Kier alpha value is -2.08. The molecule has 5 nitrogen and oxygen atoms in total. The molecule has 2 N–H and O–H groups in total. The third kappa shape index (κ3) is 3.63. The molecule has 2 aromatic rings. The van der Waals surface area contributed by atoms with Crippen molar-refractivity contribution in [3.8, 4) is 0 Å². The molecule has 0 unspecified atom stereocenters. The number of fused-ring (bicyclic) bond motifs is 1. The van der Waals surface area contributed by atoms with Crippen LogP contribution in [0.3, 0.4) is 0 Å². The largest absolute Gasteiger partial charge is 0.459 e. The summed E-state index contributed by atoms with van der Waals surface area (Å²) in [5.41, 5.74) is 1.49. The molecule has 0 radical (unpaired) electrons. The number of ether oxygens (including phenoxy) is 1. The fourth-order valence-electron chi connectivity index (χ4n) is 3.57. The van der Waals surface area contributed by atoms with Crippen LogP contribution in [0.15, 0.2) is 22.6 Å². The molecule has 2 heterocycles. The van der Waals surface area contributed by atoms with Gasteiger partial charge in [-0.25, -0.2) is 9.18 Å². The predicted molar refractivity (Wildman–Crippen MR) is 91.8 cm³/mol. The van der Waals surface area contributed by atoms with Gasteiger partial charge < -0.3 is 19.8 Å². The molecule has 6 heteroatoms. The lowest BCUT2D eigenvalue weighted by atomic mass is 10.0. The van der Waals surface area contributed by atoms with E-state index in [1.54, 1.807) is 6.07 Å². The summed E-state index contributed by atoms with van der Waals surface area (Å²) >= 11 is 0. The first-order valence-electron chi connectivity index (χ1n) is 8.93. The van der Waals surface area contributed by atoms with Gasteiger partial charge in [0.15, 0.2) is 0 Å². The third-order valence-corrected chi connectivity index (χ3v) is 5.20. The zero-order chi connectivity index (χ0) is 17.4. The molecular weight excluding hydrogens is 323 g/mol. The second kappa shape index (κ2) is 6.67. The van der Waals surface area contributed by atoms with Gasteiger partial charge in [-0.15, -0.1) is 0 Å². The van der Waals surface area contributed by atoms with Crippen molar-refractivity contribution in [2.45, 2.75) is 51.3 Å². The van der Waals surface area contributed by atoms with E-state index in [9.17, 15) is 9.18 Å². The van der Waals surface area contributed by atoms with Crippen molar-refractivity contribution in [1.82, 2.24) is 10.6 Å². The van der Waals surface area contributed by atoms with E-state index >= 15 is 0 Å². The first kappa shape index (κ1) is 16.4. The lowest BCUT2D eigenvalue weighted by Crippen LogP contribution is -2.46. The third-order valence-electron chi connectivity index (χ3n) is 5.20. The summed E-state index contributed by atoms with van der Waals surface area (Å²) in [6.07, 6.45) is 4.53. The van der Waals surface area contributed by atoms with Crippen molar-refractivity contribution < 1.29 is 18.3 Å². The Morgan fingerprint density at radius 3 is 2.96 bits per heavy atom. The number of carbonyl (C=O) groups excluding carboxylic acids is 1. The molecule has 1 saturated heterocycles. The maximum absolute atomic E-state index is 13.4. The summed E-state index contributed by atoms with van der Waals surface area (Å²) in [4.78, 5) is 12.2. The van der Waals surface area contributed by atoms with Gasteiger partial charge in [-0.1, -0.05) is 0 Å². The normalized spacial score (nSPS) is 23.6. The topological polar surface area (TPSA) is 63.5 Å². The van der Waals surface area contributed by atoms with Gasteiger partial charge in [0.2, 0.25) is 0 Å². The molecule has 1 aliphatic heterocycles. The molecule has 1 aromatic carbocycles. The Balaban J connectivity index is 1.33. The zero-order valence-electron chi connectivity index (χ0n) is 14.3. The highest BCUT2D eigenvalue weighted by molar-refractivity contribution is 5.82. The van der Waals surface area contributed by atoms with Crippen molar-refractivity contribution in [1.29, 1.82) is 0 Å². The van der Waals surface area contributed by atoms with Crippen molar-refractivity contribution in [2.75, 3.05) is 6.61 Å². The average Bonchev–Trinajstić information content (AvgIpc) is 3.40.